The van der Waals surface area contributed by atoms with Gasteiger partial charge in [-0.15, -0.1) is 6.58 Å². The molecule has 0 heterocycles. The van der Waals surface area contributed by atoms with E-state index in [-0.39, 0.29) is 0 Å². The van der Waals surface area contributed by atoms with Crippen LogP contribution in [-0.4, -0.2) is 0 Å². The maximum atomic E-state index is 3.75. The van der Waals surface area contributed by atoms with Crippen molar-refractivity contribution < 1.29 is 0 Å². The summed E-state index contributed by atoms with van der Waals surface area (Å²) >= 11 is 0. The third-order valence-corrected chi connectivity index (χ3v) is 2.34. The number of hydrogen-bond acceptors (Lipinski definition) is 0. The van der Waals surface area contributed by atoms with Crippen molar-refractivity contribution >= 4 is 0 Å². The molecule has 1 atom stereocenters. The van der Waals surface area contributed by atoms with Crippen molar-refractivity contribution in [2.24, 2.45) is 5.92 Å². The fourth-order valence-electron chi connectivity index (χ4n) is 1.26. The first-order valence-electron chi connectivity index (χ1n) is 5.02. The third kappa shape index (κ3) is 5.17. The summed E-state index contributed by atoms with van der Waals surface area (Å²) in [6, 6.07) is 0. The van der Waals surface area contributed by atoms with Gasteiger partial charge in [-0.25, -0.2) is 0 Å². The van der Waals surface area contributed by atoms with E-state index in [1.54, 1.807) is 0 Å². The maximum Gasteiger partial charge on any atom is -0.0231 e. The smallest absolute Gasteiger partial charge is 0.0231 e. The molecule has 12 heavy (non-hydrogen) atoms. The van der Waals surface area contributed by atoms with Gasteiger partial charge in [0, 0.05) is 0 Å². The highest BCUT2D eigenvalue weighted by Gasteiger charge is 2.00. The van der Waals surface area contributed by atoms with E-state index in [0.29, 0.717) is 0 Å². The Bertz CT molecular complexity index is 142. The van der Waals surface area contributed by atoms with E-state index in [4.69, 9.17) is 0 Å². The van der Waals surface area contributed by atoms with Crippen LogP contribution in [0.1, 0.15) is 46.5 Å². The van der Waals surface area contributed by atoms with Crippen LogP contribution in [0.2, 0.25) is 0 Å². The van der Waals surface area contributed by atoms with Crippen LogP contribution >= 0.6 is 0 Å². The molecule has 0 saturated carbocycles. The summed E-state index contributed by atoms with van der Waals surface area (Å²) < 4.78 is 0. The van der Waals surface area contributed by atoms with E-state index >= 15 is 0 Å². The van der Waals surface area contributed by atoms with Gasteiger partial charge in [0.25, 0.3) is 0 Å². The van der Waals surface area contributed by atoms with Gasteiger partial charge in [-0.05, 0) is 38.5 Å². The molecule has 0 heteroatoms. The van der Waals surface area contributed by atoms with Gasteiger partial charge < -0.3 is 0 Å². The van der Waals surface area contributed by atoms with Gasteiger partial charge in [0.15, 0.2) is 0 Å². The Balaban J connectivity index is 3.88. The second-order valence-corrected chi connectivity index (χ2v) is 3.40. The highest BCUT2D eigenvalue weighted by molar-refractivity contribution is 5.00. The second kappa shape index (κ2) is 7.15. The lowest BCUT2D eigenvalue weighted by Gasteiger charge is -2.09. The first kappa shape index (κ1) is 11.5. The van der Waals surface area contributed by atoms with Gasteiger partial charge in [0.2, 0.25) is 0 Å². The monoisotopic (exact) mass is 166 g/mol. The Labute approximate surface area is 77.4 Å². The molecule has 0 aliphatic heterocycles. The van der Waals surface area contributed by atoms with E-state index in [9.17, 15) is 0 Å². The van der Waals surface area contributed by atoms with Crippen molar-refractivity contribution in [3.63, 3.8) is 0 Å². The van der Waals surface area contributed by atoms with Crippen molar-refractivity contribution in [1.82, 2.24) is 0 Å². The van der Waals surface area contributed by atoms with Crippen LogP contribution in [0, 0.1) is 5.92 Å². The second-order valence-electron chi connectivity index (χ2n) is 3.40. The van der Waals surface area contributed by atoms with Crippen molar-refractivity contribution in [1.29, 1.82) is 0 Å². The van der Waals surface area contributed by atoms with Crippen LogP contribution in [0.4, 0.5) is 0 Å². The van der Waals surface area contributed by atoms with E-state index in [2.05, 4.69) is 33.4 Å². The standard InChI is InChI=1S/C12H22/c1-5-8-9-12(7-3)10-11(4)6-2/h5,10,12H,1,6-9H2,2-4H3. The van der Waals surface area contributed by atoms with Crippen LogP contribution < -0.4 is 0 Å². The van der Waals surface area contributed by atoms with Gasteiger partial charge in [-0.1, -0.05) is 31.6 Å². The predicted octanol–water partition coefficient (Wildman–Crippen LogP) is 4.34. The highest BCUT2D eigenvalue weighted by atomic mass is 14.1. The average Bonchev–Trinajstić information content (AvgIpc) is 2.11. The summed E-state index contributed by atoms with van der Waals surface area (Å²) in [7, 11) is 0. The molecule has 0 saturated heterocycles. The number of hydrogen-bond donors (Lipinski definition) is 0. The normalized spacial score (nSPS) is 14.4. The van der Waals surface area contributed by atoms with Gasteiger partial charge in [-0.2, -0.15) is 0 Å². The fraction of sp³-hybridized carbons (Fsp3) is 0.667. The van der Waals surface area contributed by atoms with Crippen molar-refractivity contribution in [3.05, 3.63) is 24.3 Å². The molecule has 70 valence electrons. The summed E-state index contributed by atoms with van der Waals surface area (Å²) in [6.07, 6.45) is 9.28. The summed E-state index contributed by atoms with van der Waals surface area (Å²) in [4.78, 5) is 0. The molecule has 0 N–H and O–H groups in total. The Hall–Kier alpha value is -0.520. The molecule has 0 fully saturated rings. The fourth-order valence-corrected chi connectivity index (χ4v) is 1.26. The molecule has 1 unspecified atom stereocenters. The van der Waals surface area contributed by atoms with Crippen LogP contribution in [0.5, 0.6) is 0 Å². The van der Waals surface area contributed by atoms with Gasteiger partial charge >= 0.3 is 0 Å². The third-order valence-electron chi connectivity index (χ3n) is 2.34. The van der Waals surface area contributed by atoms with E-state index in [1.807, 2.05) is 6.08 Å². The van der Waals surface area contributed by atoms with Crippen LogP contribution in [0.15, 0.2) is 24.3 Å². The lowest BCUT2D eigenvalue weighted by Crippen LogP contribution is -1.94. The zero-order valence-electron chi connectivity index (χ0n) is 8.77. The molecule has 0 spiro atoms. The topological polar surface area (TPSA) is 0 Å². The molecule has 0 nitrogen and oxygen atoms in total. The Morgan fingerprint density at radius 3 is 2.50 bits per heavy atom. The minimum Gasteiger partial charge on any atom is -0.103 e. The van der Waals surface area contributed by atoms with Gasteiger partial charge in [0.1, 0.15) is 0 Å². The van der Waals surface area contributed by atoms with E-state index in [0.717, 1.165) is 12.3 Å². The van der Waals surface area contributed by atoms with Crippen molar-refractivity contribution in [3.8, 4) is 0 Å². The minimum absolute atomic E-state index is 0.767. The summed E-state index contributed by atoms with van der Waals surface area (Å²) in [5, 5.41) is 0. The van der Waals surface area contributed by atoms with Gasteiger partial charge in [0.05, 0.1) is 0 Å². The molecule has 0 bridgehead atoms. The van der Waals surface area contributed by atoms with Crippen LogP contribution in [0.25, 0.3) is 0 Å². The highest BCUT2D eigenvalue weighted by Crippen LogP contribution is 2.16. The molecular weight excluding hydrogens is 144 g/mol. The molecular formula is C12H22. The van der Waals surface area contributed by atoms with Gasteiger partial charge in [-0.3, -0.25) is 0 Å². The first-order valence-corrected chi connectivity index (χ1v) is 5.02. The summed E-state index contributed by atoms with van der Waals surface area (Å²) in [5.41, 5.74) is 1.52. The number of rotatable bonds is 6. The lowest BCUT2D eigenvalue weighted by atomic mass is 9.97. The van der Waals surface area contributed by atoms with Crippen LogP contribution in [-0.2, 0) is 0 Å². The quantitative estimate of drug-likeness (QED) is 0.515. The van der Waals surface area contributed by atoms with Crippen molar-refractivity contribution in [2.45, 2.75) is 46.5 Å². The number of allylic oxidation sites excluding steroid dienone is 3. The zero-order chi connectivity index (χ0) is 9.40. The summed E-state index contributed by atoms with van der Waals surface area (Å²) in [5.74, 6) is 0.767. The Kier molecular flexibility index (Phi) is 6.84. The predicted molar refractivity (Wildman–Crippen MR) is 57.3 cm³/mol. The Morgan fingerprint density at radius 1 is 1.42 bits per heavy atom. The molecule has 0 amide bonds. The molecule has 0 aromatic heterocycles. The molecule has 0 radical (unpaired) electrons. The average molecular weight is 166 g/mol. The molecule has 0 rings (SSSR count). The SMILES string of the molecule is C=CCCC(C=C(C)CC)CC. The maximum absolute atomic E-state index is 3.75. The van der Waals surface area contributed by atoms with Crippen LogP contribution in [0.3, 0.4) is 0 Å². The zero-order valence-corrected chi connectivity index (χ0v) is 8.77. The van der Waals surface area contributed by atoms with Crippen molar-refractivity contribution in [2.75, 3.05) is 0 Å². The van der Waals surface area contributed by atoms with E-state index < -0.39 is 0 Å². The molecule has 0 aliphatic rings. The first-order chi connectivity index (χ1) is 5.74. The summed E-state index contributed by atoms with van der Waals surface area (Å²) in [6.45, 7) is 10.4. The molecule has 0 aromatic rings. The lowest BCUT2D eigenvalue weighted by molar-refractivity contribution is 0.574. The Morgan fingerprint density at radius 2 is 2.08 bits per heavy atom. The minimum atomic E-state index is 0.767. The largest absolute Gasteiger partial charge is 0.103 e. The molecule has 0 aromatic carbocycles. The molecule has 0 aliphatic carbocycles. The van der Waals surface area contributed by atoms with E-state index in [1.165, 1.54) is 24.8 Å².